The average Bonchev–Trinajstić information content (AvgIpc) is 2.54. The van der Waals surface area contributed by atoms with Gasteiger partial charge in [0.25, 0.3) is 5.91 Å². The number of hydrogen-bond acceptors (Lipinski definition) is 5. The Hall–Kier alpha value is -3.22. The number of benzene rings is 2. The molecule has 2 aromatic carbocycles. The van der Waals surface area contributed by atoms with Crippen molar-refractivity contribution in [2.24, 2.45) is 5.10 Å². The molecule has 0 bridgehead atoms. The molecule has 0 spiro atoms. The predicted octanol–water partition coefficient (Wildman–Crippen LogP) is 0.718. The number of carboxylic acids is 1. The van der Waals surface area contributed by atoms with Gasteiger partial charge in [0.2, 0.25) is 0 Å². The maximum absolute atomic E-state index is 12.8. The number of carboxylic acid groups (broad SMARTS) is 1. The fourth-order valence-corrected chi connectivity index (χ4v) is 1.68. The van der Waals surface area contributed by atoms with Gasteiger partial charge < -0.3 is 14.6 Å². The highest BCUT2D eigenvalue weighted by molar-refractivity contribution is 5.95. The zero-order chi connectivity index (χ0) is 16.7. The summed E-state index contributed by atoms with van der Waals surface area (Å²) in [4.78, 5) is 22.2. The van der Waals surface area contributed by atoms with E-state index in [0.29, 0.717) is 5.56 Å². The standard InChI is InChI=1S/C16H13FN2O4/c17-13-7-5-11(6-8-13)16(22)19-18-9-12-3-1-2-4-14(12)23-10-15(20)21/h1-9H,10H2,(H,19,22)(H,20,21)/p-1/b18-9+. The first-order valence-corrected chi connectivity index (χ1v) is 6.57. The molecule has 2 aromatic rings. The summed E-state index contributed by atoms with van der Waals surface area (Å²) in [6, 6.07) is 11.6. The first-order chi connectivity index (χ1) is 11.1. The Morgan fingerprint density at radius 3 is 2.57 bits per heavy atom. The van der Waals surface area contributed by atoms with Gasteiger partial charge in [0, 0.05) is 11.1 Å². The number of hydrazone groups is 1. The van der Waals surface area contributed by atoms with Gasteiger partial charge in [0.05, 0.1) is 12.2 Å². The highest BCUT2D eigenvalue weighted by atomic mass is 19.1. The third-order valence-electron chi connectivity index (χ3n) is 2.74. The van der Waals surface area contributed by atoms with E-state index in [0.717, 1.165) is 0 Å². The first-order valence-electron chi connectivity index (χ1n) is 6.57. The zero-order valence-corrected chi connectivity index (χ0v) is 11.9. The van der Waals surface area contributed by atoms with E-state index in [1.165, 1.54) is 30.5 Å². The molecule has 0 saturated heterocycles. The van der Waals surface area contributed by atoms with Crippen LogP contribution in [0.25, 0.3) is 0 Å². The van der Waals surface area contributed by atoms with Crippen LogP contribution in [-0.4, -0.2) is 24.7 Å². The number of carbonyl (C=O) groups is 2. The third kappa shape index (κ3) is 4.92. The van der Waals surface area contributed by atoms with Crippen molar-refractivity contribution in [1.82, 2.24) is 5.43 Å². The fourth-order valence-electron chi connectivity index (χ4n) is 1.68. The normalized spacial score (nSPS) is 10.5. The van der Waals surface area contributed by atoms with Crippen molar-refractivity contribution >= 4 is 18.1 Å². The largest absolute Gasteiger partial charge is 0.546 e. The van der Waals surface area contributed by atoms with Crippen LogP contribution in [0.15, 0.2) is 53.6 Å². The minimum absolute atomic E-state index is 0.255. The molecule has 0 unspecified atom stereocenters. The van der Waals surface area contributed by atoms with Gasteiger partial charge in [-0.05, 0) is 36.4 Å². The van der Waals surface area contributed by atoms with Crippen molar-refractivity contribution in [2.45, 2.75) is 0 Å². The molecule has 2 rings (SSSR count). The molecule has 1 amide bonds. The summed E-state index contributed by atoms with van der Waals surface area (Å²) in [5.74, 6) is -2.00. The van der Waals surface area contributed by atoms with Crippen LogP contribution >= 0.6 is 0 Å². The van der Waals surface area contributed by atoms with Gasteiger partial charge in [-0.1, -0.05) is 12.1 Å². The lowest BCUT2D eigenvalue weighted by molar-refractivity contribution is -0.307. The van der Waals surface area contributed by atoms with Gasteiger partial charge in [0.1, 0.15) is 18.2 Å². The Labute approximate surface area is 131 Å². The molecule has 6 nitrogen and oxygen atoms in total. The predicted molar refractivity (Wildman–Crippen MR) is 78.4 cm³/mol. The van der Waals surface area contributed by atoms with Crippen LogP contribution in [0.1, 0.15) is 15.9 Å². The Morgan fingerprint density at radius 1 is 1.17 bits per heavy atom. The number of para-hydroxylation sites is 1. The van der Waals surface area contributed by atoms with E-state index in [4.69, 9.17) is 4.74 Å². The Bertz CT molecular complexity index is 729. The molecule has 0 aromatic heterocycles. The van der Waals surface area contributed by atoms with Gasteiger partial charge in [-0.3, -0.25) is 4.79 Å². The first kappa shape index (κ1) is 16.2. The monoisotopic (exact) mass is 315 g/mol. The molecular weight excluding hydrogens is 303 g/mol. The fraction of sp³-hybridized carbons (Fsp3) is 0.0625. The number of hydrogen-bond donors (Lipinski definition) is 1. The van der Waals surface area contributed by atoms with Crippen molar-refractivity contribution in [3.8, 4) is 5.75 Å². The third-order valence-corrected chi connectivity index (χ3v) is 2.74. The molecule has 0 aliphatic rings. The summed E-state index contributed by atoms with van der Waals surface area (Å²) >= 11 is 0. The van der Waals surface area contributed by atoms with E-state index in [2.05, 4.69) is 10.5 Å². The topological polar surface area (TPSA) is 90.8 Å². The van der Waals surface area contributed by atoms with Gasteiger partial charge in [-0.25, -0.2) is 9.82 Å². The number of carbonyl (C=O) groups excluding carboxylic acids is 2. The minimum atomic E-state index is -1.35. The van der Waals surface area contributed by atoms with E-state index in [1.54, 1.807) is 24.3 Å². The smallest absolute Gasteiger partial charge is 0.271 e. The van der Waals surface area contributed by atoms with Crippen LogP contribution in [0.2, 0.25) is 0 Å². The average molecular weight is 315 g/mol. The second kappa shape index (κ2) is 7.69. The number of rotatable bonds is 6. The Balaban J connectivity index is 2.01. The van der Waals surface area contributed by atoms with Crippen molar-refractivity contribution in [1.29, 1.82) is 0 Å². The Kier molecular flexibility index (Phi) is 5.40. The molecule has 1 N–H and O–H groups in total. The maximum atomic E-state index is 12.8. The summed E-state index contributed by atoms with van der Waals surface area (Å²) < 4.78 is 17.8. The van der Waals surface area contributed by atoms with Gasteiger partial charge in [-0.15, -0.1) is 0 Å². The molecule has 7 heteroatoms. The van der Waals surface area contributed by atoms with Gasteiger partial charge in [-0.2, -0.15) is 5.10 Å². The lowest BCUT2D eigenvalue weighted by Gasteiger charge is -2.09. The summed E-state index contributed by atoms with van der Waals surface area (Å²) in [6.07, 6.45) is 1.31. The molecule has 0 aliphatic heterocycles. The lowest BCUT2D eigenvalue weighted by atomic mass is 10.2. The number of halogens is 1. The molecule has 0 atom stereocenters. The van der Waals surface area contributed by atoms with Crippen molar-refractivity contribution < 1.29 is 23.8 Å². The molecular formula is C16H12FN2O4-. The summed E-state index contributed by atoms with van der Waals surface area (Å²) in [5, 5.41) is 14.2. The number of ether oxygens (including phenoxy) is 1. The summed E-state index contributed by atoms with van der Waals surface area (Å²) in [6.45, 7) is -0.590. The quantitative estimate of drug-likeness (QED) is 0.628. The van der Waals surface area contributed by atoms with Crippen LogP contribution in [-0.2, 0) is 4.79 Å². The molecule has 23 heavy (non-hydrogen) atoms. The Morgan fingerprint density at radius 2 is 1.87 bits per heavy atom. The summed E-state index contributed by atoms with van der Waals surface area (Å²) in [5.41, 5.74) is 3.02. The number of amides is 1. The number of nitrogens with zero attached hydrogens (tertiary/aromatic N) is 1. The van der Waals surface area contributed by atoms with E-state index in [9.17, 15) is 19.1 Å². The zero-order valence-electron chi connectivity index (χ0n) is 11.9. The SMILES string of the molecule is O=C([O-])COc1ccccc1/C=N/NC(=O)c1ccc(F)cc1. The lowest BCUT2D eigenvalue weighted by Crippen LogP contribution is -2.29. The van der Waals surface area contributed by atoms with Crippen molar-refractivity contribution in [3.05, 3.63) is 65.5 Å². The number of nitrogens with one attached hydrogen (secondary N) is 1. The molecule has 0 heterocycles. The van der Waals surface area contributed by atoms with Crippen LogP contribution < -0.4 is 15.3 Å². The highest BCUT2D eigenvalue weighted by Crippen LogP contribution is 2.15. The van der Waals surface area contributed by atoms with E-state index >= 15 is 0 Å². The van der Waals surface area contributed by atoms with Crippen molar-refractivity contribution in [3.63, 3.8) is 0 Å². The molecule has 0 fully saturated rings. The van der Waals surface area contributed by atoms with E-state index < -0.39 is 24.3 Å². The molecule has 0 radical (unpaired) electrons. The minimum Gasteiger partial charge on any atom is -0.546 e. The van der Waals surface area contributed by atoms with Crippen LogP contribution in [0.5, 0.6) is 5.75 Å². The van der Waals surface area contributed by atoms with Crippen LogP contribution in [0, 0.1) is 5.82 Å². The van der Waals surface area contributed by atoms with E-state index in [1.807, 2.05) is 0 Å². The van der Waals surface area contributed by atoms with E-state index in [-0.39, 0.29) is 11.3 Å². The summed E-state index contributed by atoms with van der Waals surface area (Å²) in [7, 11) is 0. The van der Waals surface area contributed by atoms with Crippen molar-refractivity contribution in [2.75, 3.05) is 6.61 Å². The maximum Gasteiger partial charge on any atom is 0.271 e. The number of aliphatic carboxylic acids is 1. The highest BCUT2D eigenvalue weighted by Gasteiger charge is 2.04. The molecule has 0 aliphatic carbocycles. The van der Waals surface area contributed by atoms with Gasteiger partial charge in [0.15, 0.2) is 0 Å². The second-order valence-corrected chi connectivity index (χ2v) is 4.40. The molecule has 0 saturated carbocycles. The van der Waals surface area contributed by atoms with Gasteiger partial charge >= 0.3 is 0 Å². The second-order valence-electron chi connectivity index (χ2n) is 4.40. The molecule has 118 valence electrons. The van der Waals surface area contributed by atoms with Crippen LogP contribution in [0.4, 0.5) is 4.39 Å². The van der Waals surface area contributed by atoms with Crippen LogP contribution in [0.3, 0.4) is 0 Å².